The maximum absolute atomic E-state index is 12.7. The Bertz CT molecular complexity index is 1190. The Balaban J connectivity index is 1.93. The van der Waals surface area contributed by atoms with Crippen LogP contribution in [0.4, 0.5) is 10.7 Å². The third kappa shape index (κ3) is 3.84. The van der Waals surface area contributed by atoms with E-state index in [1.165, 1.54) is 20.1 Å². The van der Waals surface area contributed by atoms with Crippen molar-refractivity contribution in [1.29, 1.82) is 0 Å². The molecule has 0 spiro atoms. The van der Waals surface area contributed by atoms with E-state index in [-0.39, 0.29) is 23.2 Å². The summed E-state index contributed by atoms with van der Waals surface area (Å²) in [6.45, 7) is 1.53. The van der Waals surface area contributed by atoms with Gasteiger partial charge in [-0.05, 0) is 13.0 Å². The van der Waals surface area contributed by atoms with Crippen molar-refractivity contribution < 1.29 is 27.9 Å². The number of fused-ring (bicyclic) bond motifs is 1. The Morgan fingerprint density at radius 3 is 2.57 bits per heavy atom. The maximum Gasteiger partial charge on any atom is 0.347 e. The third-order valence-corrected chi connectivity index (χ3v) is 6.08. The fraction of sp³-hybridized carbons (Fsp3) is 0.133. The highest BCUT2D eigenvalue weighted by Crippen LogP contribution is 2.34. The minimum absolute atomic E-state index is 0.0670. The minimum atomic E-state index is -4.50. The first-order chi connectivity index (χ1) is 13.2. The van der Waals surface area contributed by atoms with Crippen molar-refractivity contribution in [1.82, 2.24) is 19.7 Å². The summed E-state index contributed by atoms with van der Waals surface area (Å²) in [7, 11) is -3.18. The summed E-state index contributed by atoms with van der Waals surface area (Å²) in [6.07, 6.45) is 0. The van der Waals surface area contributed by atoms with Crippen LogP contribution in [0.1, 0.15) is 15.5 Å². The second-order valence-corrected chi connectivity index (χ2v) is 7.99. The molecule has 2 heterocycles. The molecule has 0 saturated carbocycles. The number of carbonyl (C=O) groups excluding carboxylic acids is 1. The van der Waals surface area contributed by atoms with Gasteiger partial charge >= 0.3 is 18.0 Å². The van der Waals surface area contributed by atoms with Gasteiger partial charge in [0.1, 0.15) is 15.6 Å². The maximum atomic E-state index is 12.7. The molecule has 0 aliphatic carbocycles. The number of benzene rings is 1. The molecule has 146 valence electrons. The predicted molar refractivity (Wildman–Crippen MR) is 99.2 cm³/mol. The van der Waals surface area contributed by atoms with E-state index in [0.29, 0.717) is 4.70 Å². The first-order valence-electron chi connectivity index (χ1n) is 7.56. The lowest BCUT2D eigenvalue weighted by molar-refractivity contribution is 0.0698. The highest BCUT2D eigenvalue weighted by atomic mass is 32.2. The lowest BCUT2D eigenvalue weighted by atomic mass is 10.2. The van der Waals surface area contributed by atoms with E-state index in [1.54, 1.807) is 22.9 Å². The average Bonchev–Trinajstić information content (AvgIpc) is 3.01. The molecule has 0 aliphatic rings. The number of aromatic carboxylic acids is 1. The number of sulfonamides is 1. The summed E-state index contributed by atoms with van der Waals surface area (Å²) in [5.74, 6) is -1.41. The Morgan fingerprint density at radius 1 is 1.18 bits per heavy atom. The molecule has 28 heavy (non-hydrogen) atoms. The van der Waals surface area contributed by atoms with Crippen molar-refractivity contribution in [3.05, 3.63) is 35.0 Å². The molecule has 0 fully saturated rings. The summed E-state index contributed by atoms with van der Waals surface area (Å²) in [6, 6.07) is 5.04. The number of carboxylic acids is 1. The second kappa shape index (κ2) is 7.36. The van der Waals surface area contributed by atoms with Gasteiger partial charge in [-0.25, -0.2) is 22.7 Å². The molecule has 0 saturated heterocycles. The number of hydrogen-bond acceptors (Lipinski definition) is 9. The van der Waals surface area contributed by atoms with E-state index in [4.69, 9.17) is 4.74 Å². The summed E-state index contributed by atoms with van der Waals surface area (Å²) in [5, 5.41) is 11.7. The van der Waals surface area contributed by atoms with E-state index in [0.717, 1.165) is 11.3 Å². The molecular weight excluding hydrogens is 410 g/mol. The van der Waals surface area contributed by atoms with Crippen LogP contribution in [0.5, 0.6) is 6.01 Å². The van der Waals surface area contributed by atoms with Gasteiger partial charge in [-0.3, -0.25) is 5.32 Å². The molecule has 3 rings (SSSR count). The van der Waals surface area contributed by atoms with Crippen molar-refractivity contribution in [3.8, 4) is 6.01 Å². The van der Waals surface area contributed by atoms with E-state index in [9.17, 15) is 23.1 Å². The molecule has 0 aliphatic heterocycles. The Morgan fingerprint density at radius 2 is 1.89 bits per heavy atom. The van der Waals surface area contributed by atoms with Crippen LogP contribution in [-0.2, 0) is 10.0 Å². The third-order valence-electron chi connectivity index (χ3n) is 3.37. The number of aryl methyl sites for hydroxylation is 1. The molecule has 0 unspecified atom stereocenters. The average molecular weight is 423 g/mol. The number of carbonyl (C=O) groups is 2. The second-order valence-electron chi connectivity index (χ2n) is 5.31. The van der Waals surface area contributed by atoms with E-state index in [1.807, 2.05) is 0 Å². The Hall–Kier alpha value is -3.32. The predicted octanol–water partition coefficient (Wildman–Crippen LogP) is 1.61. The fourth-order valence-electron chi connectivity index (χ4n) is 2.33. The van der Waals surface area contributed by atoms with Crippen LogP contribution < -0.4 is 14.8 Å². The Labute approximate surface area is 162 Å². The van der Waals surface area contributed by atoms with Crippen molar-refractivity contribution in [2.24, 2.45) is 0 Å². The summed E-state index contributed by atoms with van der Waals surface area (Å²) in [4.78, 5) is 34.2. The molecule has 0 radical (unpaired) electrons. The molecule has 2 aromatic heterocycles. The van der Waals surface area contributed by atoms with Crippen molar-refractivity contribution in [3.63, 3.8) is 0 Å². The zero-order chi connectivity index (χ0) is 20.5. The molecular formula is C15H13N5O6S2. The van der Waals surface area contributed by atoms with Crippen molar-refractivity contribution in [2.45, 2.75) is 11.8 Å². The van der Waals surface area contributed by atoms with Gasteiger partial charge in [0, 0.05) is 10.1 Å². The monoisotopic (exact) mass is 423 g/mol. The number of thiophene rings is 1. The number of nitrogens with one attached hydrogen (secondary N) is 2. The molecule has 1 aromatic carbocycles. The number of rotatable bonds is 5. The number of nitrogens with zero attached hydrogens (tertiary/aromatic N) is 3. The highest BCUT2D eigenvalue weighted by Gasteiger charge is 2.29. The van der Waals surface area contributed by atoms with Gasteiger partial charge in [0.15, 0.2) is 0 Å². The van der Waals surface area contributed by atoms with Crippen LogP contribution in [-0.4, -0.2) is 47.6 Å². The number of methoxy groups -OCH3 is 1. The molecule has 3 aromatic rings. The molecule has 0 atom stereocenters. The number of anilines is 1. The van der Waals surface area contributed by atoms with Gasteiger partial charge in [0.05, 0.1) is 7.11 Å². The number of hydrogen-bond donors (Lipinski definition) is 3. The lowest BCUT2D eigenvalue weighted by Crippen LogP contribution is -2.35. The molecule has 2 amide bonds. The zero-order valence-corrected chi connectivity index (χ0v) is 16.1. The van der Waals surface area contributed by atoms with Gasteiger partial charge in [0.2, 0.25) is 5.95 Å². The van der Waals surface area contributed by atoms with Crippen LogP contribution >= 0.6 is 11.3 Å². The van der Waals surface area contributed by atoms with Crippen molar-refractivity contribution in [2.75, 3.05) is 12.4 Å². The Kier molecular flexibility index (Phi) is 5.11. The standard InChI is InChI=1S/C15H13N5O6S2/c1-7-16-13(19-15(17-7)26-2)18-14(23)20-28(24,25)11-8-5-3-4-6-9(8)27-10(11)12(21)22/h3-6H,1-2H3,(H,21,22)(H2,16,17,18,19,20,23). The molecule has 0 bridgehead atoms. The molecule has 13 heteroatoms. The van der Waals surface area contributed by atoms with Crippen LogP contribution in [0, 0.1) is 6.92 Å². The van der Waals surface area contributed by atoms with E-state index >= 15 is 0 Å². The van der Waals surface area contributed by atoms with Gasteiger partial charge < -0.3 is 9.84 Å². The lowest BCUT2D eigenvalue weighted by Gasteiger charge is -2.09. The largest absolute Gasteiger partial charge is 0.477 e. The fourth-order valence-corrected chi connectivity index (χ4v) is 4.99. The highest BCUT2D eigenvalue weighted by molar-refractivity contribution is 7.90. The summed E-state index contributed by atoms with van der Waals surface area (Å²) in [5.41, 5.74) is 0. The van der Waals surface area contributed by atoms with Crippen LogP contribution in [0.3, 0.4) is 0 Å². The quantitative estimate of drug-likeness (QED) is 0.554. The van der Waals surface area contributed by atoms with Gasteiger partial charge in [-0.1, -0.05) is 18.2 Å². The van der Waals surface area contributed by atoms with Gasteiger partial charge in [0.25, 0.3) is 10.0 Å². The van der Waals surface area contributed by atoms with Gasteiger partial charge in [-0.2, -0.15) is 15.0 Å². The van der Waals surface area contributed by atoms with Crippen LogP contribution in [0.25, 0.3) is 10.1 Å². The van der Waals surface area contributed by atoms with E-state index in [2.05, 4.69) is 20.3 Å². The zero-order valence-electron chi connectivity index (χ0n) is 14.5. The minimum Gasteiger partial charge on any atom is -0.477 e. The first-order valence-corrected chi connectivity index (χ1v) is 9.86. The van der Waals surface area contributed by atoms with Crippen LogP contribution in [0.2, 0.25) is 0 Å². The van der Waals surface area contributed by atoms with Crippen LogP contribution in [0.15, 0.2) is 29.2 Å². The number of ether oxygens (including phenoxy) is 1. The summed E-state index contributed by atoms with van der Waals surface area (Å²) < 4.78 is 32.5. The smallest absolute Gasteiger partial charge is 0.347 e. The summed E-state index contributed by atoms with van der Waals surface area (Å²) >= 11 is 0.797. The normalized spacial score (nSPS) is 11.2. The number of aromatic nitrogens is 3. The number of carboxylic acid groups (broad SMARTS) is 1. The SMILES string of the molecule is COc1nc(C)nc(NC(=O)NS(=O)(=O)c2c(C(=O)O)sc3ccccc23)n1. The van der Waals surface area contributed by atoms with Gasteiger partial charge in [-0.15, -0.1) is 11.3 Å². The van der Waals surface area contributed by atoms with E-state index < -0.39 is 31.8 Å². The number of urea groups is 1. The van der Waals surface area contributed by atoms with Crippen molar-refractivity contribution >= 4 is 49.4 Å². The number of amides is 2. The molecule has 3 N–H and O–H groups in total. The first kappa shape index (κ1) is 19.4. The molecule has 11 nitrogen and oxygen atoms in total. The topological polar surface area (TPSA) is 160 Å².